The number of anilines is 2. The largest absolute Gasteiger partial charge is 0.375 e. The van der Waals surface area contributed by atoms with E-state index in [0.717, 1.165) is 20.3 Å². The molecule has 0 spiro atoms. The van der Waals surface area contributed by atoms with Gasteiger partial charge in [-0.1, -0.05) is 11.3 Å². The van der Waals surface area contributed by atoms with E-state index >= 15 is 0 Å². The van der Waals surface area contributed by atoms with Crippen LogP contribution in [0.25, 0.3) is 10.2 Å². The van der Waals surface area contributed by atoms with Crippen LogP contribution in [0.2, 0.25) is 0 Å². The predicted molar refractivity (Wildman–Crippen MR) is 88.7 cm³/mol. The molecule has 7 heteroatoms. The minimum Gasteiger partial charge on any atom is -0.375 e. The van der Waals surface area contributed by atoms with E-state index < -0.39 is 0 Å². The third kappa shape index (κ3) is 2.88. The quantitative estimate of drug-likeness (QED) is 0.729. The Morgan fingerprint density at radius 3 is 2.95 bits per heavy atom. The molecule has 0 aliphatic carbocycles. The summed E-state index contributed by atoms with van der Waals surface area (Å²) in [4.78, 5) is 20.7. The second-order valence-electron chi connectivity index (χ2n) is 4.51. The van der Waals surface area contributed by atoms with Crippen molar-refractivity contribution < 1.29 is 4.79 Å². The molecule has 3 rings (SSSR count). The molecule has 0 radical (unpaired) electrons. The number of nitrogens with one attached hydrogen (secondary N) is 1. The third-order valence-electron chi connectivity index (χ3n) is 2.94. The van der Waals surface area contributed by atoms with Gasteiger partial charge in [-0.15, -0.1) is 0 Å². The average Bonchev–Trinajstić information content (AvgIpc) is 2.80. The van der Waals surface area contributed by atoms with Crippen LogP contribution >= 0.6 is 27.3 Å². The maximum absolute atomic E-state index is 12.3. The molecule has 106 valence electrons. The number of rotatable bonds is 2. The number of hydrogen-bond donors (Lipinski definition) is 2. The van der Waals surface area contributed by atoms with Gasteiger partial charge in [0, 0.05) is 16.2 Å². The molecule has 3 aromatic rings. The number of carbonyl (C=O) groups is 1. The lowest BCUT2D eigenvalue weighted by atomic mass is 10.2. The van der Waals surface area contributed by atoms with Gasteiger partial charge >= 0.3 is 0 Å². The van der Waals surface area contributed by atoms with Gasteiger partial charge in [-0.3, -0.25) is 4.79 Å². The first-order valence-corrected chi connectivity index (χ1v) is 7.73. The summed E-state index contributed by atoms with van der Waals surface area (Å²) in [6.45, 7) is 1.89. The summed E-state index contributed by atoms with van der Waals surface area (Å²) in [6.07, 6.45) is 1.65. The summed E-state index contributed by atoms with van der Waals surface area (Å²) in [5.74, 6) is 0.342. The Labute approximate surface area is 133 Å². The fraction of sp³-hybridized carbons (Fsp3) is 0.0714. The fourth-order valence-electron chi connectivity index (χ4n) is 1.93. The molecular formula is C14H11BrN4OS. The van der Waals surface area contributed by atoms with Crippen molar-refractivity contribution in [2.75, 3.05) is 11.1 Å². The smallest absolute Gasteiger partial charge is 0.256 e. The molecule has 0 saturated heterocycles. The van der Waals surface area contributed by atoms with Gasteiger partial charge in [0.05, 0.1) is 10.2 Å². The molecule has 21 heavy (non-hydrogen) atoms. The van der Waals surface area contributed by atoms with E-state index in [9.17, 15) is 4.79 Å². The minimum absolute atomic E-state index is 0.207. The molecule has 0 saturated carbocycles. The van der Waals surface area contributed by atoms with Crippen LogP contribution in [0.15, 0.2) is 34.9 Å². The first-order valence-electron chi connectivity index (χ1n) is 6.12. The highest BCUT2D eigenvalue weighted by atomic mass is 79.9. The van der Waals surface area contributed by atoms with Crippen LogP contribution in [0, 0.1) is 6.92 Å². The van der Waals surface area contributed by atoms with Gasteiger partial charge in [0.2, 0.25) is 0 Å². The highest BCUT2D eigenvalue weighted by Gasteiger charge is 2.11. The second kappa shape index (κ2) is 5.42. The monoisotopic (exact) mass is 362 g/mol. The minimum atomic E-state index is -0.207. The number of pyridine rings is 1. The standard InChI is InChI=1S/C14H11BrN4OS/c1-7-4-9(15)6-17-12(7)19-13(20)8-2-3-10-11(5-8)21-14(16)18-10/h2-6H,1H3,(H2,16,18)(H,17,19,20). The number of carbonyl (C=O) groups excluding carboxylic acids is 1. The van der Waals surface area contributed by atoms with E-state index in [1.54, 1.807) is 24.4 Å². The lowest BCUT2D eigenvalue weighted by Gasteiger charge is -2.07. The number of benzene rings is 1. The number of aryl methyl sites for hydroxylation is 1. The number of thiazole rings is 1. The Balaban J connectivity index is 1.89. The number of halogens is 1. The van der Waals surface area contributed by atoms with E-state index in [0.29, 0.717) is 16.5 Å². The first kappa shape index (κ1) is 14.0. The number of nitrogen functional groups attached to an aromatic ring is 1. The molecule has 0 aliphatic rings. The predicted octanol–water partition coefficient (Wildman–Crippen LogP) is 3.60. The lowest BCUT2D eigenvalue weighted by molar-refractivity contribution is 0.102. The molecule has 1 amide bonds. The van der Waals surface area contributed by atoms with Crippen LogP contribution in [-0.2, 0) is 0 Å². The summed E-state index contributed by atoms with van der Waals surface area (Å²) in [6, 6.07) is 7.20. The van der Waals surface area contributed by atoms with Crippen molar-refractivity contribution >= 4 is 54.3 Å². The summed E-state index contributed by atoms with van der Waals surface area (Å²) >= 11 is 4.70. The average molecular weight is 363 g/mol. The maximum Gasteiger partial charge on any atom is 0.256 e. The topological polar surface area (TPSA) is 80.9 Å². The Hall–Kier alpha value is -1.99. The SMILES string of the molecule is Cc1cc(Br)cnc1NC(=O)c1ccc2nc(N)sc2c1. The van der Waals surface area contributed by atoms with Gasteiger partial charge in [-0.2, -0.15) is 0 Å². The number of hydrogen-bond acceptors (Lipinski definition) is 5. The molecule has 2 aromatic heterocycles. The van der Waals surface area contributed by atoms with Crippen LogP contribution in [0.1, 0.15) is 15.9 Å². The molecule has 0 fully saturated rings. The van der Waals surface area contributed by atoms with E-state index in [1.165, 1.54) is 11.3 Å². The Morgan fingerprint density at radius 1 is 1.38 bits per heavy atom. The molecule has 2 heterocycles. The van der Waals surface area contributed by atoms with Crippen LogP contribution in [0.5, 0.6) is 0 Å². The van der Waals surface area contributed by atoms with Crippen LogP contribution < -0.4 is 11.1 Å². The Bertz CT molecular complexity index is 846. The van der Waals surface area contributed by atoms with E-state index in [2.05, 4.69) is 31.2 Å². The Kier molecular flexibility index (Phi) is 3.60. The number of aromatic nitrogens is 2. The van der Waals surface area contributed by atoms with Crippen molar-refractivity contribution in [2.45, 2.75) is 6.92 Å². The highest BCUT2D eigenvalue weighted by molar-refractivity contribution is 9.10. The molecule has 0 atom stereocenters. The zero-order valence-corrected chi connectivity index (χ0v) is 13.5. The molecule has 1 aromatic carbocycles. The fourth-order valence-corrected chi connectivity index (χ4v) is 3.15. The lowest BCUT2D eigenvalue weighted by Crippen LogP contribution is -2.13. The van der Waals surface area contributed by atoms with Gasteiger partial charge in [0.15, 0.2) is 5.13 Å². The maximum atomic E-state index is 12.3. The number of nitrogens with zero attached hydrogens (tertiary/aromatic N) is 2. The first-order chi connectivity index (χ1) is 10.0. The van der Waals surface area contributed by atoms with Crippen LogP contribution in [0.3, 0.4) is 0 Å². The number of nitrogens with two attached hydrogens (primary N) is 1. The number of amides is 1. The van der Waals surface area contributed by atoms with Gasteiger partial charge in [-0.25, -0.2) is 9.97 Å². The third-order valence-corrected chi connectivity index (χ3v) is 4.22. The molecule has 0 unspecified atom stereocenters. The Morgan fingerprint density at radius 2 is 2.19 bits per heavy atom. The zero-order valence-electron chi connectivity index (χ0n) is 11.1. The van der Waals surface area contributed by atoms with Crippen molar-refractivity contribution in [2.24, 2.45) is 0 Å². The molecular weight excluding hydrogens is 352 g/mol. The summed E-state index contributed by atoms with van der Waals surface area (Å²) in [7, 11) is 0. The molecule has 3 N–H and O–H groups in total. The molecule has 5 nitrogen and oxygen atoms in total. The highest BCUT2D eigenvalue weighted by Crippen LogP contribution is 2.25. The van der Waals surface area contributed by atoms with E-state index in [-0.39, 0.29) is 5.91 Å². The van der Waals surface area contributed by atoms with Crippen molar-refractivity contribution in [3.63, 3.8) is 0 Å². The zero-order chi connectivity index (χ0) is 15.0. The van der Waals surface area contributed by atoms with Crippen molar-refractivity contribution in [3.05, 3.63) is 46.1 Å². The summed E-state index contributed by atoms with van der Waals surface area (Å²) in [5.41, 5.74) is 7.91. The van der Waals surface area contributed by atoms with Crippen LogP contribution in [0.4, 0.5) is 10.9 Å². The van der Waals surface area contributed by atoms with Crippen molar-refractivity contribution in [1.29, 1.82) is 0 Å². The van der Waals surface area contributed by atoms with Crippen molar-refractivity contribution in [3.8, 4) is 0 Å². The van der Waals surface area contributed by atoms with E-state index in [1.807, 2.05) is 13.0 Å². The van der Waals surface area contributed by atoms with E-state index in [4.69, 9.17) is 5.73 Å². The van der Waals surface area contributed by atoms with Crippen LogP contribution in [-0.4, -0.2) is 15.9 Å². The molecule has 0 aliphatic heterocycles. The van der Waals surface area contributed by atoms with Gasteiger partial charge in [-0.05, 0) is 52.7 Å². The van der Waals surface area contributed by atoms with Gasteiger partial charge < -0.3 is 11.1 Å². The summed E-state index contributed by atoms with van der Waals surface area (Å²) < 4.78 is 1.76. The van der Waals surface area contributed by atoms with Gasteiger partial charge in [0.1, 0.15) is 5.82 Å². The van der Waals surface area contributed by atoms with Gasteiger partial charge in [0.25, 0.3) is 5.91 Å². The summed E-state index contributed by atoms with van der Waals surface area (Å²) in [5, 5.41) is 3.30. The normalized spacial score (nSPS) is 10.8. The van der Waals surface area contributed by atoms with Crippen molar-refractivity contribution in [1.82, 2.24) is 9.97 Å². The number of fused-ring (bicyclic) bond motifs is 1. The molecule has 0 bridgehead atoms. The second-order valence-corrected chi connectivity index (χ2v) is 6.49.